The smallest absolute Gasteiger partial charge is 0.251 e. The quantitative estimate of drug-likeness (QED) is 0.541. The summed E-state index contributed by atoms with van der Waals surface area (Å²) in [5, 5.41) is 7.49. The highest BCUT2D eigenvalue weighted by atomic mass is 16.3. The van der Waals surface area contributed by atoms with Gasteiger partial charge in [0.05, 0.1) is 12.2 Å². The zero-order valence-corrected chi connectivity index (χ0v) is 16.8. The average Bonchev–Trinajstić information content (AvgIpc) is 3.23. The topological polar surface area (TPSA) is 73.0 Å². The first-order valence-corrected chi connectivity index (χ1v) is 9.73. The highest BCUT2D eigenvalue weighted by Crippen LogP contribution is 2.19. The molecule has 0 saturated carbocycles. The molecule has 6 heteroatoms. The maximum absolute atomic E-state index is 12.7. The van der Waals surface area contributed by atoms with Gasteiger partial charge in [-0.2, -0.15) is 5.10 Å². The molecule has 1 unspecified atom stereocenters. The van der Waals surface area contributed by atoms with Crippen LogP contribution < -0.4 is 5.32 Å². The Bertz CT molecular complexity index is 1140. The first kappa shape index (κ1) is 18.9. The molecular formula is C23H24N4O2. The van der Waals surface area contributed by atoms with Crippen molar-refractivity contribution in [2.24, 2.45) is 0 Å². The molecule has 0 saturated heterocycles. The maximum atomic E-state index is 12.7. The number of nitrogens with zero attached hydrogens (tertiary/aromatic N) is 3. The van der Waals surface area contributed by atoms with Gasteiger partial charge in [0.25, 0.3) is 5.91 Å². The summed E-state index contributed by atoms with van der Waals surface area (Å²) >= 11 is 0. The molecule has 0 spiro atoms. The van der Waals surface area contributed by atoms with Crippen LogP contribution in [0.25, 0.3) is 11.1 Å². The SMILES string of the molecule is Cc1cc(C)n(CC(C)NC(=O)c2ccc3oc(Cc4ccccc4)nc3c2)n1. The minimum atomic E-state index is -0.131. The van der Waals surface area contributed by atoms with Crippen molar-refractivity contribution in [2.75, 3.05) is 0 Å². The lowest BCUT2D eigenvalue weighted by molar-refractivity contribution is 0.0936. The summed E-state index contributed by atoms with van der Waals surface area (Å²) in [6, 6.07) is 17.4. The van der Waals surface area contributed by atoms with E-state index in [1.807, 2.05) is 61.9 Å². The molecule has 148 valence electrons. The highest BCUT2D eigenvalue weighted by molar-refractivity contribution is 5.97. The summed E-state index contributed by atoms with van der Waals surface area (Å²) in [5.41, 5.74) is 5.13. The van der Waals surface area contributed by atoms with Crippen LogP contribution in [0.4, 0.5) is 0 Å². The normalized spacial score (nSPS) is 12.2. The summed E-state index contributed by atoms with van der Waals surface area (Å²) < 4.78 is 7.74. The largest absolute Gasteiger partial charge is 0.440 e. The monoisotopic (exact) mass is 388 g/mol. The minimum absolute atomic E-state index is 0.0536. The Kier molecular flexibility index (Phi) is 5.16. The van der Waals surface area contributed by atoms with Crippen LogP contribution in [0.2, 0.25) is 0 Å². The molecule has 0 aliphatic rings. The number of aryl methyl sites for hydroxylation is 2. The van der Waals surface area contributed by atoms with E-state index in [0.29, 0.717) is 35.5 Å². The molecule has 4 aromatic rings. The lowest BCUT2D eigenvalue weighted by atomic mass is 10.1. The Morgan fingerprint density at radius 3 is 2.66 bits per heavy atom. The van der Waals surface area contributed by atoms with E-state index in [9.17, 15) is 4.79 Å². The van der Waals surface area contributed by atoms with Crippen LogP contribution in [0.3, 0.4) is 0 Å². The Morgan fingerprint density at radius 2 is 1.93 bits per heavy atom. The van der Waals surface area contributed by atoms with E-state index in [1.165, 1.54) is 0 Å². The number of rotatable bonds is 6. The van der Waals surface area contributed by atoms with Gasteiger partial charge in [0, 0.05) is 23.7 Å². The van der Waals surface area contributed by atoms with Crippen LogP contribution in [0.15, 0.2) is 59.0 Å². The van der Waals surface area contributed by atoms with Crippen molar-refractivity contribution in [1.82, 2.24) is 20.1 Å². The summed E-state index contributed by atoms with van der Waals surface area (Å²) in [5.74, 6) is 0.509. The summed E-state index contributed by atoms with van der Waals surface area (Å²) in [7, 11) is 0. The first-order valence-electron chi connectivity index (χ1n) is 9.73. The van der Waals surface area contributed by atoms with Gasteiger partial charge in [0.1, 0.15) is 5.52 Å². The number of hydrogen-bond donors (Lipinski definition) is 1. The fourth-order valence-corrected chi connectivity index (χ4v) is 3.43. The van der Waals surface area contributed by atoms with Crippen LogP contribution in [0, 0.1) is 13.8 Å². The molecule has 0 aliphatic carbocycles. The molecule has 2 heterocycles. The molecule has 4 rings (SSSR count). The van der Waals surface area contributed by atoms with Crippen LogP contribution >= 0.6 is 0 Å². The van der Waals surface area contributed by atoms with Gasteiger partial charge < -0.3 is 9.73 Å². The van der Waals surface area contributed by atoms with E-state index < -0.39 is 0 Å². The zero-order chi connectivity index (χ0) is 20.4. The number of carbonyl (C=O) groups excluding carboxylic acids is 1. The van der Waals surface area contributed by atoms with E-state index in [2.05, 4.69) is 15.4 Å². The third kappa shape index (κ3) is 4.37. The third-order valence-corrected chi connectivity index (χ3v) is 4.82. The predicted octanol–water partition coefficient (Wildman–Crippen LogP) is 4.05. The Balaban J connectivity index is 1.45. The molecule has 0 fully saturated rings. The molecule has 1 N–H and O–H groups in total. The number of benzene rings is 2. The third-order valence-electron chi connectivity index (χ3n) is 4.82. The standard InChI is InChI=1S/C23H24N4O2/c1-15-11-17(3)27(26-15)14-16(2)24-23(28)19-9-10-21-20(13-19)25-22(29-21)12-18-7-5-4-6-8-18/h4-11,13,16H,12,14H2,1-3H3,(H,24,28). The first-order chi connectivity index (χ1) is 14.0. The second kappa shape index (κ2) is 7.91. The number of fused-ring (bicyclic) bond motifs is 1. The van der Waals surface area contributed by atoms with E-state index in [0.717, 1.165) is 17.0 Å². The number of aromatic nitrogens is 3. The maximum Gasteiger partial charge on any atom is 0.251 e. The Morgan fingerprint density at radius 1 is 1.14 bits per heavy atom. The summed E-state index contributed by atoms with van der Waals surface area (Å²) in [4.78, 5) is 17.2. The number of carbonyl (C=O) groups is 1. The molecule has 0 bridgehead atoms. The van der Waals surface area contributed by atoms with Gasteiger partial charge in [-0.05, 0) is 50.6 Å². The van der Waals surface area contributed by atoms with Gasteiger partial charge in [-0.15, -0.1) is 0 Å². The van der Waals surface area contributed by atoms with Gasteiger partial charge in [-0.1, -0.05) is 30.3 Å². The van der Waals surface area contributed by atoms with Crippen molar-refractivity contribution in [3.8, 4) is 0 Å². The van der Waals surface area contributed by atoms with Gasteiger partial charge in [-0.25, -0.2) is 4.98 Å². The van der Waals surface area contributed by atoms with Crippen molar-refractivity contribution < 1.29 is 9.21 Å². The van der Waals surface area contributed by atoms with E-state index in [4.69, 9.17) is 4.42 Å². The van der Waals surface area contributed by atoms with Gasteiger partial charge in [0.2, 0.25) is 0 Å². The number of oxazole rings is 1. The molecule has 2 aromatic heterocycles. The molecule has 0 radical (unpaired) electrons. The van der Waals surface area contributed by atoms with Crippen LogP contribution in [0.5, 0.6) is 0 Å². The summed E-state index contributed by atoms with van der Waals surface area (Å²) in [6.45, 7) is 6.58. The predicted molar refractivity (Wildman–Crippen MR) is 112 cm³/mol. The molecule has 0 aliphatic heterocycles. The van der Waals surface area contributed by atoms with Crippen molar-refractivity contribution in [1.29, 1.82) is 0 Å². The summed E-state index contributed by atoms with van der Waals surface area (Å²) in [6.07, 6.45) is 0.622. The highest BCUT2D eigenvalue weighted by Gasteiger charge is 2.14. The second-order valence-corrected chi connectivity index (χ2v) is 7.44. The number of amides is 1. The van der Waals surface area contributed by atoms with Crippen molar-refractivity contribution in [3.63, 3.8) is 0 Å². The minimum Gasteiger partial charge on any atom is -0.440 e. The van der Waals surface area contributed by atoms with Crippen LogP contribution in [-0.4, -0.2) is 26.7 Å². The number of nitrogens with one attached hydrogen (secondary N) is 1. The van der Waals surface area contributed by atoms with Crippen LogP contribution in [-0.2, 0) is 13.0 Å². The molecule has 6 nitrogen and oxygen atoms in total. The van der Waals surface area contributed by atoms with Gasteiger partial charge in [-0.3, -0.25) is 9.48 Å². The molecular weight excluding hydrogens is 364 g/mol. The number of hydrogen-bond acceptors (Lipinski definition) is 4. The average molecular weight is 388 g/mol. The van der Waals surface area contributed by atoms with Crippen molar-refractivity contribution >= 4 is 17.0 Å². The lowest BCUT2D eigenvalue weighted by Crippen LogP contribution is -2.36. The van der Waals surface area contributed by atoms with Crippen molar-refractivity contribution in [3.05, 3.63) is 83.0 Å². The zero-order valence-electron chi connectivity index (χ0n) is 16.8. The lowest BCUT2D eigenvalue weighted by Gasteiger charge is -2.15. The van der Waals surface area contributed by atoms with E-state index >= 15 is 0 Å². The Labute approximate surface area is 169 Å². The molecule has 29 heavy (non-hydrogen) atoms. The molecule has 2 aromatic carbocycles. The van der Waals surface area contributed by atoms with Gasteiger partial charge in [0.15, 0.2) is 11.5 Å². The Hall–Kier alpha value is -3.41. The van der Waals surface area contributed by atoms with Crippen LogP contribution in [0.1, 0.15) is 40.1 Å². The second-order valence-electron chi connectivity index (χ2n) is 7.44. The fraction of sp³-hybridized carbons (Fsp3) is 0.261. The molecule has 1 amide bonds. The van der Waals surface area contributed by atoms with E-state index in [-0.39, 0.29) is 11.9 Å². The molecule has 1 atom stereocenters. The van der Waals surface area contributed by atoms with E-state index in [1.54, 1.807) is 18.2 Å². The van der Waals surface area contributed by atoms with Gasteiger partial charge >= 0.3 is 0 Å². The fourth-order valence-electron chi connectivity index (χ4n) is 3.43. The van der Waals surface area contributed by atoms with Crippen molar-refractivity contribution in [2.45, 2.75) is 39.8 Å².